The minimum atomic E-state index is 0.446. The van der Waals surface area contributed by atoms with Crippen LogP contribution in [0, 0.1) is 0 Å². The van der Waals surface area contributed by atoms with Gasteiger partial charge in [0, 0.05) is 12.0 Å². The van der Waals surface area contributed by atoms with Gasteiger partial charge in [-0.1, -0.05) is 18.5 Å². The van der Waals surface area contributed by atoms with Crippen LogP contribution in [0.5, 0.6) is 0 Å². The van der Waals surface area contributed by atoms with Crippen molar-refractivity contribution >= 4 is 0 Å². The van der Waals surface area contributed by atoms with Crippen molar-refractivity contribution in [3.05, 3.63) is 11.7 Å². The first-order valence-corrected chi connectivity index (χ1v) is 6.95. The molecule has 17 heavy (non-hydrogen) atoms. The zero-order valence-electron chi connectivity index (χ0n) is 10.5. The molecule has 0 aliphatic heterocycles. The molecule has 4 nitrogen and oxygen atoms in total. The quantitative estimate of drug-likeness (QED) is 0.852. The van der Waals surface area contributed by atoms with Gasteiger partial charge in [-0.25, -0.2) is 0 Å². The molecule has 0 amide bonds. The number of hydrogen-bond donors (Lipinski definition) is 1. The van der Waals surface area contributed by atoms with Gasteiger partial charge in [-0.15, -0.1) is 0 Å². The van der Waals surface area contributed by atoms with Crippen LogP contribution in [0.2, 0.25) is 0 Å². The molecule has 3 rings (SSSR count). The molecule has 0 bridgehead atoms. The SMILES string of the molecule is CCCNC1CCCC1c1nc(C2CC2)no1. The van der Waals surface area contributed by atoms with Gasteiger partial charge in [0.1, 0.15) is 0 Å². The van der Waals surface area contributed by atoms with Gasteiger partial charge in [-0.2, -0.15) is 4.98 Å². The van der Waals surface area contributed by atoms with Crippen LogP contribution >= 0.6 is 0 Å². The van der Waals surface area contributed by atoms with Gasteiger partial charge in [-0.3, -0.25) is 0 Å². The molecule has 1 heterocycles. The van der Waals surface area contributed by atoms with E-state index in [0.29, 0.717) is 17.9 Å². The van der Waals surface area contributed by atoms with Crippen molar-refractivity contribution in [1.29, 1.82) is 0 Å². The Morgan fingerprint density at radius 3 is 2.94 bits per heavy atom. The molecule has 0 radical (unpaired) electrons. The summed E-state index contributed by atoms with van der Waals surface area (Å²) < 4.78 is 5.46. The van der Waals surface area contributed by atoms with Crippen molar-refractivity contribution in [3.63, 3.8) is 0 Å². The van der Waals surface area contributed by atoms with Gasteiger partial charge in [0.25, 0.3) is 0 Å². The summed E-state index contributed by atoms with van der Waals surface area (Å²) in [4.78, 5) is 4.59. The van der Waals surface area contributed by atoms with Crippen LogP contribution in [0.25, 0.3) is 0 Å². The molecule has 0 saturated heterocycles. The fourth-order valence-electron chi connectivity index (χ4n) is 2.73. The predicted molar refractivity (Wildman–Crippen MR) is 64.9 cm³/mol. The maximum absolute atomic E-state index is 5.46. The summed E-state index contributed by atoms with van der Waals surface area (Å²) in [5, 5.41) is 7.73. The highest BCUT2D eigenvalue weighted by atomic mass is 16.5. The molecule has 2 unspecified atom stereocenters. The lowest BCUT2D eigenvalue weighted by Crippen LogP contribution is -2.31. The van der Waals surface area contributed by atoms with Crippen LogP contribution in [0.3, 0.4) is 0 Å². The average Bonchev–Trinajstić information content (AvgIpc) is 2.92. The summed E-state index contributed by atoms with van der Waals surface area (Å²) in [5.74, 6) is 2.86. The zero-order chi connectivity index (χ0) is 11.7. The van der Waals surface area contributed by atoms with E-state index in [1.54, 1.807) is 0 Å². The molecule has 2 saturated carbocycles. The molecule has 2 atom stereocenters. The van der Waals surface area contributed by atoms with Gasteiger partial charge in [0.15, 0.2) is 5.82 Å². The van der Waals surface area contributed by atoms with E-state index in [1.807, 2.05) is 0 Å². The van der Waals surface area contributed by atoms with E-state index in [9.17, 15) is 0 Å². The summed E-state index contributed by atoms with van der Waals surface area (Å²) in [5.41, 5.74) is 0. The summed E-state index contributed by atoms with van der Waals surface area (Å²) >= 11 is 0. The van der Waals surface area contributed by atoms with E-state index in [4.69, 9.17) is 4.52 Å². The van der Waals surface area contributed by atoms with Gasteiger partial charge < -0.3 is 9.84 Å². The Morgan fingerprint density at radius 2 is 2.18 bits per heavy atom. The molecule has 94 valence electrons. The summed E-state index contributed by atoms with van der Waals surface area (Å²) in [7, 11) is 0. The Balaban J connectivity index is 1.67. The van der Waals surface area contributed by atoms with Crippen molar-refractivity contribution in [2.45, 2.75) is 63.3 Å². The third-order valence-electron chi connectivity index (χ3n) is 3.89. The Kier molecular flexibility index (Phi) is 3.14. The lowest BCUT2D eigenvalue weighted by molar-refractivity contribution is 0.327. The van der Waals surface area contributed by atoms with Crippen molar-refractivity contribution < 1.29 is 4.52 Å². The molecule has 1 N–H and O–H groups in total. The molecule has 2 aliphatic rings. The van der Waals surface area contributed by atoms with E-state index < -0.39 is 0 Å². The lowest BCUT2D eigenvalue weighted by Gasteiger charge is -2.17. The first kappa shape index (κ1) is 11.2. The average molecular weight is 235 g/mol. The van der Waals surface area contributed by atoms with Gasteiger partial charge >= 0.3 is 0 Å². The molecule has 1 aromatic heterocycles. The number of nitrogens with one attached hydrogen (secondary N) is 1. The maximum atomic E-state index is 5.46. The molecule has 0 spiro atoms. The minimum Gasteiger partial charge on any atom is -0.339 e. The predicted octanol–water partition coefficient (Wildman–Crippen LogP) is 2.58. The Hall–Kier alpha value is -0.900. The fourth-order valence-corrected chi connectivity index (χ4v) is 2.73. The van der Waals surface area contributed by atoms with Crippen LogP contribution in [0.1, 0.15) is 69.0 Å². The topological polar surface area (TPSA) is 51.0 Å². The Labute approximate surface area is 102 Å². The van der Waals surface area contributed by atoms with Crippen molar-refractivity contribution in [3.8, 4) is 0 Å². The highest BCUT2D eigenvalue weighted by Gasteiger charge is 2.35. The van der Waals surface area contributed by atoms with Crippen molar-refractivity contribution in [2.75, 3.05) is 6.54 Å². The number of rotatable bonds is 5. The second kappa shape index (κ2) is 4.77. The van der Waals surface area contributed by atoms with Crippen LogP contribution in [0.4, 0.5) is 0 Å². The number of aromatic nitrogens is 2. The molecule has 1 aromatic rings. The van der Waals surface area contributed by atoms with Crippen LogP contribution < -0.4 is 5.32 Å². The fraction of sp³-hybridized carbons (Fsp3) is 0.846. The normalized spacial score (nSPS) is 28.8. The third-order valence-corrected chi connectivity index (χ3v) is 3.89. The molecular weight excluding hydrogens is 214 g/mol. The summed E-state index contributed by atoms with van der Waals surface area (Å²) in [6.07, 6.45) is 7.36. The van der Waals surface area contributed by atoms with Crippen molar-refractivity contribution in [2.24, 2.45) is 0 Å². The van der Waals surface area contributed by atoms with Crippen LogP contribution in [0.15, 0.2) is 4.52 Å². The highest BCUT2D eigenvalue weighted by molar-refractivity contribution is 5.08. The largest absolute Gasteiger partial charge is 0.339 e. The van der Waals surface area contributed by atoms with Gasteiger partial charge in [0.05, 0.1) is 5.92 Å². The lowest BCUT2D eigenvalue weighted by atomic mass is 10.0. The van der Waals surface area contributed by atoms with Crippen LogP contribution in [-0.2, 0) is 0 Å². The standard InChI is InChI=1S/C13H21N3O/c1-2-8-14-11-5-3-4-10(11)13-15-12(16-17-13)9-6-7-9/h9-11,14H,2-8H2,1H3. The number of nitrogens with zero attached hydrogens (tertiary/aromatic N) is 2. The second-order valence-corrected chi connectivity index (χ2v) is 5.36. The maximum Gasteiger partial charge on any atom is 0.231 e. The smallest absolute Gasteiger partial charge is 0.231 e. The Bertz CT molecular complexity index is 372. The Morgan fingerprint density at radius 1 is 1.29 bits per heavy atom. The van der Waals surface area contributed by atoms with Crippen molar-refractivity contribution in [1.82, 2.24) is 15.5 Å². The van der Waals surface area contributed by atoms with E-state index in [-0.39, 0.29) is 0 Å². The van der Waals surface area contributed by atoms with E-state index in [0.717, 1.165) is 18.3 Å². The van der Waals surface area contributed by atoms with Crippen LogP contribution in [-0.4, -0.2) is 22.7 Å². The minimum absolute atomic E-state index is 0.446. The monoisotopic (exact) mass is 235 g/mol. The highest BCUT2D eigenvalue weighted by Crippen LogP contribution is 2.40. The van der Waals surface area contributed by atoms with Gasteiger partial charge in [-0.05, 0) is 38.6 Å². The summed E-state index contributed by atoms with van der Waals surface area (Å²) in [6.45, 7) is 3.29. The third kappa shape index (κ3) is 2.37. The number of hydrogen-bond acceptors (Lipinski definition) is 4. The molecular formula is C13H21N3O. The summed E-state index contributed by atoms with van der Waals surface area (Å²) in [6, 6.07) is 0.544. The molecule has 2 aliphatic carbocycles. The molecule has 2 fully saturated rings. The van der Waals surface area contributed by atoms with E-state index in [1.165, 1.54) is 38.5 Å². The van der Waals surface area contributed by atoms with Gasteiger partial charge in [0.2, 0.25) is 5.89 Å². The molecule has 4 heteroatoms. The zero-order valence-corrected chi connectivity index (χ0v) is 10.5. The second-order valence-electron chi connectivity index (χ2n) is 5.36. The molecule has 0 aromatic carbocycles. The van der Waals surface area contributed by atoms with E-state index in [2.05, 4.69) is 22.4 Å². The first-order valence-electron chi connectivity index (χ1n) is 6.95. The van der Waals surface area contributed by atoms with E-state index >= 15 is 0 Å². The first-order chi connectivity index (χ1) is 8.38.